The van der Waals surface area contributed by atoms with Crippen molar-refractivity contribution in [1.82, 2.24) is 39.9 Å². The Balaban J connectivity index is -0.0000000224. The summed E-state index contributed by atoms with van der Waals surface area (Å²) in [7, 11) is 0. The summed E-state index contributed by atoms with van der Waals surface area (Å²) in [6.45, 7) is -0.181. The van der Waals surface area contributed by atoms with Gasteiger partial charge in [-0.2, -0.15) is 9.59 Å². The Labute approximate surface area is 531 Å². The van der Waals surface area contributed by atoms with E-state index in [0.717, 1.165) is 24.3 Å². The summed E-state index contributed by atoms with van der Waals surface area (Å²) in [5.74, 6) is -1.37. The second-order valence-electron chi connectivity index (χ2n) is 6.51. The molecule has 4 heterocycles. The van der Waals surface area contributed by atoms with Gasteiger partial charge < -0.3 is 72.9 Å². The van der Waals surface area contributed by atoms with Gasteiger partial charge in [0, 0.05) is 34.5 Å². The van der Waals surface area contributed by atoms with Crippen molar-refractivity contribution in [3.8, 4) is 23.5 Å². The van der Waals surface area contributed by atoms with Crippen LogP contribution in [-0.4, -0.2) is 78.5 Å². The van der Waals surface area contributed by atoms with E-state index < -0.39 is 39.1 Å². The standard InChI is InChI=1S/4C4H4N2O2S.CH2O3.CO2.6CH4.2Ag.2HNO3.5Na.H2O.H/c4*7-2-1-3(8)6-4(9)5-2;2-1-4-3;2-1-3;;;;;;;;;2-1-4-3;2-1(3)4;;;;;;;/h4*1H,(H3,5,6,7,8,9);1,3H;;6*1H4;;;3H;(H,2,3,4);;;;;;1H2;/q;;;;;;;;;;;;;+1;;;5*+1;;-1/p-4. The van der Waals surface area contributed by atoms with Crippen LogP contribution in [0.5, 0.6) is 23.5 Å². The molecule has 0 atom stereocenters. The van der Waals surface area contributed by atoms with Crippen molar-refractivity contribution in [2.24, 2.45) is 5.34 Å². The average Bonchev–Trinajstić information content (AvgIpc) is 2.96. The third-order valence-corrected chi connectivity index (χ3v) is 3.85. The number of H-pyrrole nitrogens is 8. The Morgan fingerprint density at radius 3 is 0.908 bits per heavy atom. The predicted octanol–water partition coefficient (Wildman–Crippen LogP) is -16.1. The maximum atomic E-state index is 10.4. The zero-order valence-electron chi connectivity index (χ0n) is 30.9. The van der Waals surface area contributed by atoms with Gasteiger partial charge in [0.05, 0.1) is 12.1 Å². The Hall–Kier alpha value is -0.589. The summed E-state index contributed by atoms with van der Waals surface area (Å²) in [5, 5.41) is 69.9. The first-order valence-corrected chi connectivity index (χ1v) is 12.6. The summed E-state index contributed by atoms with van der Waals surface area (Å²) in [6, 6.07) is 3.82. The first kappa shape index (κ1) is 120. The first-order valence-electron chi connectivity index (χ1n) is 10.9. The van der Waals surface area contributed by atoms with E-state index >= 15 is 0 Å². The van der Waals surface area contributed by atoms with E-state index in [1.54, 1.807) is 0 Å². The van der Waals surface area contributed by atoms with Gasteiger partial charge in [-0.25, -0.2) is 0 Å². The van der Waals surface area contributed by atoms with Crippen molar-refractivity contribution >= 4 is 61.5 Å². The van der Waals surface area contributed by atoms with Crippen LogP contribution in [0.3, 0.4) is 0 Å². The maximum absolute atomic E-state index is 10.4. The molecule has 0 saturated carbocycles. The van der Waals surface area contributed by atoms with Crippen molar-refractivity contribution in [2.45, 2.75) is 44.6 Å². The minimum atomic E-state index is -1.50. The normalized spacial score (nSPS) is 6.31. The molecule has 0 saturated heterocycles. The van der Waals surface area contributed by atoms with Crippen molar-refractivity contribution in [1.29, 1.82) is 0 Å². The molecule has 4 aromatic rings. The summed E-state index contributed by atoms with van der Waals surface area (Å²) in [6.07, 6.45) is 0.250. The third-order valence-electron chi connectivity index (χ3n) is 3.03. The number of nitrogens with zero attached hydrogens (tertiary/aromatic N) is 2. The molecule has 0 aliphatic rings. The van der Waals surface area contributed by atoms with E-state index in [0.29, 0.717) is 0 Å². The Morgan fingerprint density at radius 2 is 0.800 bits per heavy atom. The van der Waals surface area contributed by atoms with Crippen LogP contribution in [0.15, 0.2) is 48.8 Å². The van der Waals surface area contributed by atoms with Crippen molar-refractivity contribution in [3.63, 3.8) is 0 Å². The molecule has 0 amide bonds. The molecule has 0 bridgehead atoms. The Kier molecular flexibility index (Phi) is 149. The zero-order valence-corrected chi connectivity index (χ0v) is 46.1. The fourth-order valence-corrected chi connectivity index (χ4v) is 2.62. The van der Waals surface area contributed by atoms with Crippen LogP contribution in [0.2, 0.25) is 0 Å². The van der Waals surface area contributed by atoms with E-state index in [1.807, 2.05) is 0 Å². The molecule has 0 fully saturated rings. The summed E-state index contributed by atoms with van der Waals surface area (Å²) in [4.78, 5) is 106. The molecule has 359 valence electrons. The maximum Gasteiger partial charge on any atom is 1.00 e. The number of rotatable bonds is 2. The monoisotopic (exact) mass is 1250 g/mol. The number of aromatic nitrogens is 8. The minimum absolute atomic E-state index is 0. The third kappa shape index (κ3) is 98.0. The van der Waals surface area contributed by atoms with Crippen LogP contribution in [0, 0.1) is 34.1 Å². The molecule has 1 radical (unpaired) electrons. The summed E-state index contributed by atoms with van der Waals surface area (Å²) >= 11 is 18.0. The SMILES string of the molecule is C.C.C.C.C.C.O.O=C=O.O=CO[O-].O=NO[O-].O=[N+]([O-])O.O=c1cc(O)[nH]c(=S)[nH]1.O=c1cc(O)[nH]c(=S)[nH]1.O=c1cc([O-])[nH]c(=S)[nH]1.O=c1cc([O-])[nH]c(=S)[nH]1.[Ag+].[Ag].[H-].[Na+].[Na+].[Na+].[Na+].[Na+]. The van der Waals surface area contributed by atoms with E-state index in [2.05, 4.69) is 98.6 Å². The van der Waals surface area contributed by atoms with Gasteiger partial charge in [-0.15, -0.1) is 15.0 Å². The van der Waals surface area contributed by atoms with Crippen molar-refractivity contribution < 1.29 is 265 Å². The number of carbonyl (C=O) groups is 1. The molecule has 4 rings (SSSR count). The Bertz CT molecular complexity index is 1800. The fourth-order valence-electron chi connectivity index (χ4n) is 1.80. The molecule has 0 aromatic carbocycles. The van der Waals surface area contributed by atoms with Crippen LogP contribution in [-0.2, 0) is 69.0 Å². The largest absolute Gasteiger partial charge is 1.00 e. The molecule has 41 heteroatoms. The van der Waals surface area contributed by atoms with Gasteiger partial charge in [0.2, 0.25) is 0 Å². The number of carbonyl (C=O) groups excluding carboxylic acids is 3. The molecule has 0 unspecified atom stereocenters. The van der Waals surface area contributed by atoms with Crippen molar-refractivity contribution in [3.05, 3.63) is 99.8 Å². The molecule has 0 aliphatic carbocycles. The van der Waals surface area contributed by atoms with Crippen LogP contribution < -0.4 is 191 Å². The second-order valence-corrected chi connectivity index (χ2v) is 8.15. The van der Waals surface area contributed by atoms with Gasteiger partial charge >= 0.3 is 176 Å². The summed E-state index contributed by atoms with van der Waals surface area (Å²) in [5.41, 5.74) is -1.75. The van der Waals surface area contributed by atoms with Gasteiger partial charge in [-0.3, -0.25) is 43.9 Å². The number of hydrogen-bond acceptors (Lipinski definition) is 23. The molecule has 13 N–H and O–H groups in total. The zero-order chi connectivity index (χ0) is 40.5. The molecule has 0 spiro atoms. The van der Waals surface area contributed by atoms with Crippen molar-refractivity contribution in [2.75, 3.05) is 0 Å². The first-order chi connectivity index (χ1) is 23.7. The van der Waals surface area contributed by atoms with Crippen LogP contribution >= 0.6 is 48.9 Å². The second kappa shape index (κ2) is 80.4. The van der Waals surface area contributed by atoms with E-state index in [1.165, 1.54) is 5.34 Å². The molecule has 4 aromatic heterocycles. The number of aromatic amines is 8. The average molecular weight is 1250 g/mol. The molecule has 0 aliphatic heterocycles. The number of aromatic hydroxyl groups is 2. The van der Waals surface area contributed by atoms with Crippen LogP contribution in [0.25, 0.3) is 0 Å². The van der Waals surface area contributed by atoms with Gasteiger partial charge in [-0.1, -0.05) is 44.6 Å². The van der Waals surface area contributed by atoms with E-state index in [9.17, 15) is 29.4 Å². The van der Waals surface area contributed by atoms with Gasteiger partial charge in [0.25, 0.3) is 33.8 Å². The smallest absolute Gasteiger partial charge is 1.00 e. The Morgan fingerprint density at radius 1 is 0.631 bits per heavy atom. The quantitative estimate of drug-likeness (QED) is 0.0169. The molecular formula is C24H43Ag2N10Na5O20S4+. The van der Waals surface area contributed by atoms with Gasteiger partial charge in [-0.05, 0) is 60.6 Å². The van der Waals surface area contributed by atoms with Crippen LogP contribution in [0.4, 0.5) is 0 Å². The molecular weight excluding hydrogens is 1210 g/mol. The number of nitrogens with one attached hydrogen (secondary N) is 8. The molecule has 65 heavy (non-hydrogen) atoms. The number of hydrogen-bond donors (Lipinski definition) is 11. The van der Waals surface area contributed by atoms with E-state index in [4.69, 9.17) is 55.3 Å². The van der Waals surface area contributed by atoms with Crippen LogP contribution in [0.1, 0.15) is 46.0 Å². The fraction of sp³-hybridized carbons (Fsp3) is 0.250. The predicted molar refractivity (Wildman–Crippen MR) is 204 cm³/mol. The minimum Gasteiger partial charge on any atom is -1.00 e. The van der Waals surface area contributed by atoms with Gasteiger partial charge in [0.1, 0.15) is 5.34 Å². The van der Waals surface area contributed by atoms with E-state index in [-0.39, 0.29) is 287 Å². The summed E-state index contributed by atoms with van der Waals surface area (Å²) < 4.78 is 0.375. The molecule has 30 nitrogen and oxygen atoms in total. The topological polar surface area (TPSA) is 521 Å². The van der Waals surface area contributed by atoms with Gasteiger partial charge in [0.15, 0.2) is 30.8 Å².